The van der Waals surface area contributed by atoms with Crippen molar-refractivity contribution in [2.24, 2.45) is 13.0 Å². The number of likely N-dealkylation sites (tertiary alicyclic amines) is 1. The largest absolute Gasteiger partial charge is 0.282 e. The predicted octanol–water partition coefficient (Wildman–Crippen LogP) is 1.30. The van der Waals surface area contributed by atoms with Gasteiger partial charge in [0.15, 0.2) is 0 Å². The van der Waals surface area contributed by atoms with Gasteiger partial charge in [-0.1, -0.05) is 6.08 Å². The first kappa shape index (κ1) is 13.5. The molecule has 5 heteroatoms. The van der Waals surface area contributed by atoms with E-state index >= 15 is 0 Å². The van der Waals surface area contributed by atoms with Crippen LogP contribution in [0.5, 0.6) is 0 Å². The third kappa shape index (κ3) is 3.10. The molecule has 1 aliphatic rings. The molecule has 1 saturated heterocycles. The van der Waals surface area contributed by atoms with Crippen molar-refractivity contribution >= 4 is 11.8 Å². The fourth-order valence-corrected chi connectivity index (χ4v) is 2.40. The first-order valence-electron chi connectivity index (χ1n) is 6.54. The minimum Gasteiger partial charge on any atom is -0.282 e. The molecule has 1 aliphatic heterocycles. The van der Waals surface area contributed by atoms with Gasteiger partial charge >= 0.3 is 0 Å². The minimum absolute atomic E-state index is 0.0436. The van der Waals surface area contributed by atoms with E-state index in [9.17, 15) is 9.59 Å². The van der Waals surface area contributed by atoms with Gasteiger partial charge in [0, 0.05) is 26.2 Å². The van der Waals surface area contributed by atoms with E-state index in [1.54, 1.807) is 17.0 Å². The molecule has 102 valence electrons. The molecule has 0 radical (unpaired) electrons. The zero-order chi connectivity index (χ0) is 13.8. The summed E-state index contributed by atoms with van der Waals surface area (Å²) in [5.74, 6) is -0.318. The lowest BCUT2D eigenvalue weighted by Crippen LogP contribution is -2.31. The van der Waals surface area contributed by atoms with E-state index < -0.39 is 0 Å². The van der Waals surface area contributed by atoms with Crippen molar-refractivity contribution in [2.75, 3.05) is 6.54 Å². The van der Waals surface area contributed by atoms with Crippen LogP contribution in [0.25, 0.3) is 0 Å². The van der Waals surface area contributed by atoms with Gasteiger partial charge in [0.05, 0.1) is 12.1 Å². The van der Waals surface area contributed by atoms with Crippen molar-refractivity contribution in [3.63, 3.8) is 0 Å². The van der Waals surface area contributed by atoms with E-state index in [0.717, 1.165) is 18.4 Å². The lowest BCUT2D eigenvalue weighted by atomic mass is 10.0. The Labute approximate surface area is 112 Å². The van der Waals surface area contributed by atoms with Crippen LogP contribution < -0.4 is 0 Å². The van der Waals surface area contributed by atoms with Gasteiger partial charge < -0.3 is 0 Å². The van der Waals surface area contributed by atoms with Crippen LogP contribution in [0.4, 0.5) is 0 Å². The van der Waals surface area contributed by atoms with Gasteiger partial charge in [0.2, 0.25) is 11.8 Å². The number of rotatable bonds is 6. The highest BCUT2D eigenvalue weighted by Gasteiger charge is 2.37. The highest BCUT2D eigenvalue weighted by Crippen LogP contribution is 2.23. The highest BCUT2D eigenvalue weighted by atomic mass is 16.2. The topological polar surface area (TPSA) is 55.2 Å². The number of carbonyl (C=O) groups excluding carboxylic acids is 2. The molecule has 5 nitrogen and oxygen atoms in total. The Morgan fingerprint density at radius 1 is 1.53 bits per heavy atom. The maximum Gasteiger partial charge on any atom is 0.233 e. The van der Waals surface area contributed by atoms with Crippen molar-refractivity contribution in [1.82, 2.24) is 14.7 Å². The Kier molecular flexibility index (Phi) is 4.14. The second-order valence-electron chi connectivity index (χ2n) is 4.94. The fourth-order valence-electron chi connectivity index (χ4n) is 2.40. The number of amides is 2. The van der Waals surface area contributed by atoms with Crippen molar-refractivity contribution in [3.8, 4) is 0 Å². The first-order chi connectivity index (χ1) is 9.11. The van der Waals surface area contributed by atoms with Gasteiger partial charge in [-0.25, -0.2) is 0 Å². The molecular weight excluding hydrogens is 242 g/mol. The highest BCUT2D eigenvalue weighted by molar-refractivity contribution is 6.03. The number of aromatic nitrogens is 2. The van der Waals surface area contributed by atoms with E-state index in [0.29, 0.717) is 19.4 Å². The van der Waals surface area contributed by atoms with Crippen molar-refractivity contribution in [1.29, 1.82) is 0 Å². The lowest BCUT2D eigenvalue weighted by Gasteiger charge is -2.14. The second-order valence-corrected chi connectivity index (χ2v) is 4.94. The molecule has 2 amide bonds. The molecule has 0 spiro atoms. The average Bonchev–Trinajstić information content (AvgIpc) is 2.88. The number of aryl methyl sites for hydroxylation is 1. The van der Waals surface area contributed by atoms with Crippen molar-refractivity contribution in [3.05, 3.63) is 30.6 Å². The third-order valence-electron chi connectivity index (χ3n) is 3.37. The summed E-state index contributed by atoms with van der Waals surface area (Å²) in [6, 6.07) is 0. The van der Waals surface area contributed by atoms with Gasteiger partial charge in [0.25, 0.3) is 0 Å². The van der Waals surface area contributed by atoms with Crippen LogP contribution in [-0.2, 0) is 23.1 Å². The predicted molar refractivity (Wildman–Crippen MR) is 71.2 cm³/mol. The summed E-state index contributed by atoms with van der Waals surface area (Å²) in [4.78, 5) is 25.4. The van der Waals surface area contributed by atoms with Crippen LogP contribution in [-0.4, -0.2) is 33.0 Å². The van der Waals surface area contributed by atoms with Crippen LogP contribution in [0.15, 0.2) is 25.0 Å². The summed E-state index contributed by atoms with van der Waals surface area (Å²) in [7, 11) is 1.84. The van der Waals surface area contributed by atoms with Gasteiger partial charge in [-0.15, -0.1) is 6.58 Å². The molecule has 0 aromatic carbocycles. The molecule has 1 aromatic heterocycles. The van der Waals surface area contributed by atoms with Gasteiger partial charge in [0.1, 0.15) is 0 Å². The molecule has 1 fully saturated rings. The van der Waals surface area contributed by atoms with Crippen LogP contribution >= 0.6 is 0 Å². The second kappa shape index (κ2) is 5.82. The maximum absolute atomic E-state index is 12.2. The molecule has 0 N–H and O–H groups in total. The van der Waals surface area contributed by atoms with Gasteiger partial charge in [-0.3, -0.25) is 19.2 Å². The molecule has 0 aliphatic carbocycles. The van der Waals surface area contributed by atoms with Crippen LogP contribution in [0.1, 0.15) is 24.8 Å². The van der Waals surface area contributed by atoms with Crippen LogP contribution in [0.3, 0.4) is 0 Å². The van der Waals surface area contributed by atoms with E-state index in [1.807, 2.05) is 13.2 Å². The molecule has 2 heterocycles. The number of hydrogen-bond acceptors (Lipinski definition) is 3. The monoisotopic (exact) mass is 261 g/mol. The van der Waals surface area contributed by atoms with Gasteiger partial charge in [-0.2, -0.15) is 5.10 Å². The molecule has 0 bridgehead atoms. The summed E-state index contributed by atoms with van der Waals surface area (Å²) < 4.78 is 1.71. The number of imide groups is 1. The smallest absolute Gasteiger partial charge is 0.233 e. The Morgan fingerprint density at radius 3 is 2.95 bits per heavy atom. The Bertz CT molecular complexity index is 493. The van der Waals surface area contributed by atoms with Crippen molar-refractivity contribution < 1.29 is 9.59 Å². The van der Waals surface area contributed by atoms with Crippen LogP contribution in [0.2, 0.25) is 0 Å². The fraction of sp³-hybridized carbons (Fsp3) is 0.500. The quantitative estimate of drug-likeness (QED) is 0.440. The number of allylic oxidation sites excluding steroid dienone is 1. The molecule has 1 aromatic rings. The number of nitrogens with zero attached hydrogens (tertiary/aromatic N) is 3. The summed E-state index contributed by atoms with van der Waals surface area (Å²) in [5.41, 5.74) is 1.00. The van der Waals surface area contributed by atoms with E-state index in [4.69, 9.17) is 0 Å². The summed E-state index contributed by atoms with van der Waals surface area (Å²) in [6.07, 6.45) is 7.97. The Balaban J connectivity index is 1.95. The average molecular weight is 261 g/mol. The normalized spacial score (nSPS) is 19.2. The zero-order valence-electron chi connectivity index (χ0n) is 11.2. The number of unbranched alkanes of at least 4 members (excludes halogenated alkanes) is 1. The summed E-state index contributed by atoms with van der Waals surface area (Å²) in [5, 5.41) is 4.08. The molecule has 0 saturated carbocycles. The third-order valence-corrected chi connectivity index (χ3v) is 3.37. The summed E-state index contributed by atoms with van der Waals surface area (Å²) in [6.45, 7) is 4.15. The summed E-state index contributed by atoms with van der Waals surface area (Å²) >= 11 is 0. The molecule has 2 rings (SSSR count). The minimum atomic E-state index is -0.222. The molecular formula is C14H19N3O2. The zero-order valence-corrected chi connectivity index (χ0v) is 11.2. The van der Waals surface area contributed by atoms with Gasteiger partial charge in [-0.05, 0) is 24.8 Å². The first-order valence-corrected chi connectivity index (χ1v) is 6.54. The van der Waals surface area contributed by atoms with E-state index in [2.05, 4.69) is 11.7 Å². The molecule has 0 unspecified atom stereocenters. The number of hydrogen-bond donors (Lipinski definition) is 0. The molecule has 1 atom stereocenters. The van der Waals surface area contributed by atoms with Crippen molar-refractivity contribution in [2.45, 2.75) is 25.7 Å². The van der Waals surface area contributed by atoms with Crippen LogP contribution in [0, 0.1) is 5.92 Å². The molecule has 19 heavy (non-hydrogen) atoms. The van der Waals surface area contributed by atoms with E-state index in [1.165, 1.54) is 4.90 Å². The Morgan fingerprint density at radius 2 is 2.32 bits per heavy atom. The SMILES string of the molecule is C=CCCCN1C(=O)C[C@H](Cc2cnn(C)c2)C1=O. The lowest BCUT2D eigenvalue weighted by molar-refractivity contribution is -0.139. The standard InChI is InChI=1S/C14H19N3O2/c1-3-4-5-6-17-13(18)8-12(14(17)19)7-11-9-15-16(2)10-11/h3,9-10,12H,1,4-8H2,2H3/t12-/m0/s1. The number of carbonyl (C=O) groups is 2. The Hall–Kier alpha value is -1.91. The maximum atomic E-state index is 12.2. The van der Waals surface area contributed by atoms with E-state index in [-0.39, 0.29) is 17.7 Å².